The van der Waals surface area contributed by atoms with Crippen LogP contribution in [0.15, 0.2) is 60.0 Å². The van der Waals surface area contributed by atoms with Crippen LogP contribution in [0.2, 0.25) is 5.02 Å². The minimum Gasteiger partial charge on any atom is -0.338 e. The molecule has 0 radical (unpaired) electrons. The lowest BCUT2D eigenvalue weighted by atomic mass is 10.2. The van der Waals surface area contributed by atoms with Gasteiger partial charge in [0.25, 0.3) is 0 Å². The minimum absolute atomic E-state index is 0.0448. The van der Waals surface area contributed by atoms with Crippen LogP contribution in [0.25, 0.3) is 6.08 Å². The zero-order valence-electron chi connectivity index (χ0n) is 16.4. The molecule has 0 aliphatic carbocycles. The van der Waals surface area contributed by atoms with E-state index in [1.807, 2.05) is 30.3 Å². The van der Waals surface area contributed by atoms with Gasteiger partial charge in [0.1, 0.15) is 5.82 Å². The van der Waals surface area contributed by atoms with E-state index in [0.717, 1.165) is 0 Å². The highest BCUT2D eigenvalue weighted by molar-refractivity contribution is 7.14. The largest absolute Gasteiger partial charge is 0.338 e. The summed E-state index contributed by atoms with van der Waals surface area (Å²) in [6.07, 6.45) is 2.92. The standard InChI is InChI=1S/C22H19ClFN3O2S/c1-15(28)27(17-7-4-3-5-8-17)22-25-16(14-30-22)11-12-21(29)26(2)13-18-19(23)9-6-10-20(18)24/h3-12,14H,13H2,1-2H3/b12-11+. The first-order valence-electron chi connectivity index (χ1n) is 9.04. The molecule has 0 fully saturated rings. The SMILES string of the molecule is CC(=O)N(c1ccccc1)c1nc(/C=C/C(=O)N(C)Cc2c(F)cccc2Cl)cs1. The van der Waals surface area contributed by atoms with Crippen molar-refractivity contribution in [2.45, 2.75) is 13.5 Å². The van der Waals surface area contributed by atoms with Crippen molar-refractivity contribution in [1.29, 1.82) is 0 Å². The molecule has 0 spiro atoms. The van der Waals surface area contributed by atoms with Crippen molar-refractivity contribution in [3.8, 4) is 0 Å². The number of carbonyl (C=O) groups excluding carboxylic acids is 2. The Bertz CT molecular complexity index is 1060. The summed E-state index contributed by atoms with van der Waals surface area (Å²) in [7, 11) is 1.56. The summed E-state index contributed by atoms with van der Waals surface area (Å²) in [6.45, 7) is 1.51. The monoisotopic (exact) mass is 443 g/mol. The van der Waals surface area contributed by atoms with E-state index in [-0.39, 0.29) is 28.9 Å². The predicted molar refractivity (Wildman–Crippen MR) is 118 cm³/mol. The summed E-state index contributed by atoms with van der Waals surface area (Å²) >= 11 is 7.32. The first-order chi connectivity index (χ1) is 14.4. The molecule has 154 valence electrons. The summed E-state index contributed by atoms with van der Waals surface area (Å²) in [6, 6.07) is 13.6. The van der Waals surface area contributed by atoms with E-state index in [2.05, 4.69) is 4.98 Å². The zero-order valence-corrected chi connectivity index (χ0v) is 18.0. The molecule has 0 atom stereocenters. The van der Waals surface area contributed by atoms with Crippen LogP contribution < -0.4 is 4.90 Å². The lowest BCUT2D eigenvalue weighted by molar-refractivity contribution is -0.125. The zero-order chi connectivity index (χ0) is 21.7. The smallest absolute Gasteiger partial charge is 0.246 e. The molecule has 3 aromatic rings. The molecular formula is C22H19ClFN3O2S. The first-order valence-corrected chi connectivity index (χ1v) is 10.3. The minimum atomic E-state index is -0.458. The molecule has 1 aromatic heterocycles. The van der Waals surface area contributed by atoms with Gasteiger partial charge < -0.3 is 4.90 Å². The lowest BCUT2D eigenvalue weighted by Crippen LogP contribution is -2.24. The fourth-order valence-corrected chi connectivity index (χ4v) is 3.82. The van der Waals surface area contributed by atoms with E-state index >= 15 is 0 Å². The first kappa shape index (κ1) is 21.7. The van der Waals surface area contributed by atoms with Crippen molar-refractivity contribution >= 4 is 51.6 Å². The van der Waals surface area contributed by atoms with Gasteiger partial charge in [0.15, 0.2) is 5.13 Å². The second-order valence-electron chi connectivity index (χ2n) is 6.47. The molecule has 2 amide bonds. The van der Waals surface area contributed by atoms with Crippen molar-refractivity contribution < 1.29 is 14.0 Å². The molecule has 2 aromatic carbocycles. The van der Waals surface area contributed by atoms with Crippen LogP contribution in [0.3, 0.4) is 0 Å². The number of anilines is 2. The van der Waals surface area contributed by atoms with E-state index in [0.29, 0.717) is 16.5 Å². The van der Waals surface area contributed by atoms with Gasteiger partial charge in [-0.1, -0.05) is 35.9 Å². The number of aromatic nitrogens is 1. The van der Waals surface area contributed by atoms with Gasteiger partial charge in [0, 0.05) is 42.6 Å². The van der Waals surface area contributed by atoms with Crippen LogP contribution in [-0.4, -0.2) is 28.7 Å². The van der Waals surface area contributed by atoms with Crippen LogP contribution in [0.5, 0.6) is 0 Å². The molecule has 0 unspecified atom stereocenters. The van der Waals surface area contributed by atoms with Gasteiger partial charge in [-0.15, -0.1) is 11.3 Å². The van der Waals surface area contributed by atoms with E-state index in [4.69, 9.17) is 11.6 Å². The molecule has 8 heteroatoms. The van der Waals surface area contributed by atoms with Gasteiger partial charge in [-0.3, -0.25) is 14.5 Å². The number of benzene rings is 2. The molecule has 30 heavy (non-hydrogen) atoms. The van der Waals surface area contributed by atoms with Gasteiger partial charge in [0.2, 0.25) is 11.8 Å². The maximum atomic E-state index is 13.9. The van der Waals surface area contributed by atoms with Crippen LogP contribution in [0.1, 0.15) is 18.2 Å². The van der Waals surface area contributed by atoms with Crippen molar-refractivity contribution in [2.24, 2.45) is 0 Å². The third-order valence-electron chi connectivity index (χ3n) is 4.26. The molecular weight excluding hydrogens is 425 g/mol. The molecule has 0 N–H and O–H groups in total. The summed E-state index contributed by atoms with van der Waals surface area (Å²) in [4.78, 5) is 31.8. The maximum absolute atomic E-state index is 13.9. The van der Waals surface area contributed by atoms with Crippen LogP contribution in [0, 0.1) is 5.82 Å². The van der Waals surface area contributed by atoms with Crippen LogP contribution in [-0.2, 0) is 16.1 Å². The third-order valence-corrected chi connectivity index (χ3v) is 5.46. The second-order valence-corrected chi connectivity index (χ2v) is 7.72. The van der Waals surface area contributed by atoms with E-state index < -0.39 is 5.82 Å². The van der Waals surface area contributed by atoms with Gasteiger partial charge >= 0.3 is 0 Å². The van der Waals surface area contributed by atoms with Crippen molar-refractivity contribution in [1.82, 2.24) is 9.88 Å². The molecule has 0 saturated heterocycles. The molecule has 0 aliphatic heterocycles. The summed E-state index contributed by atoms with van der Waals surface area (Å²) in [5, 5.41) is 2.53. The number of hydrogen-bond acceptors (Lipinski definition) is 4. The molecule has 3 rings (SSSR count). The van der Waals surface area contributed by atoms with Gasteiger partial charge in [-0.25, -0.2) is 9.37 Å². The van der Waals surface area contributed by atoms with E-state index in [1.54, 1.807) is 24.6 Å². The Morgan fingerprint density at radius 2 is 1.90 bits per heavy atom. The van der Waals surface area contributed by atoms with Crippen LogP contribution in [0.4, 0.5) is 15.2 Å². The Kier molecular flexibility index (Phi) is 6.97. The number of thiazole rings is 1. The molecule has 5 nitrogen and oxygen atoms in total. The molecule has 0 aliphatic rings. The highest BCUT2D eigenvalue weighted by atomic mass is 35.5. The Hall–Kier alpha value is -3.03. The fraction of sp³-hybridized carbons (Fsp3) is 0.136. The molecule has 0 saturated carbocycles. The van der Waals surface area contributed by atoms with Crippen LogP contribution >= 0.6 is 22.9 Å². The highest BCUT2D eigenvalue weighted by Gasteiger charge is 2.17. The average Bonchev–Trinajstić information content (AvgIpc) is 3.18. The summed E-state index contributed by atoms with van der Waals surface area (Å²) < 4.78 is 13.9. The predicted octanol–water partition coefficient (Wildman–Crippen LogP) is 5.29. The van der Waals surface area contributed by atoms with E-state index in [1.165, 1.54) is 46.3 Å². The van der Waals surface area contributed by atoms with E-state index in [9.17, 15) is 14.0 Å². The number of likely N-dealkylation sites (N-methyl/N-ethyl adjacent to an activating group) is 1. The second kappa shape index (κ2) is 9.65. The summed E-state index contributed by atoms with van der Waals surface area (Å²) in [5.41, 5.74) is 1.52. The molecule has 1 heterocycles. The number of halogens is 2. The Morgan fingerprint density at radius 3 is 2.57 bits per heavy atom. The average molecular weight is 444 g/mol. The number of nitrogens with zero attached hydrogens (tertiary/aromatic N) is 3. The van der Waals surface area contributed by atoms with Gasteiger partial charge in [-0.2, -0.15) is 0 Å². The number of hydrogen-bond donors (Lipinski definition) is 0. The highest BCUT2D eigenvalue weighted by Crippen LogP contribution is 2.29. The lowest BCUT2D eigenvalue weighted by Gasteiger charge is -2.17. The third kappa shape index (κ3) is 5.11. The topological polar surface area (TPSA) is 53.5 Å². The normalized spacial score (nSPS) is 10.9. The van der Waals surface area contributed by atoms with Crippen molar-refractivity contribution in [2.75, 3.05) is 11.9 Å². The fourth-order valence-electron chi connectivity index (χ4n) is 2.74. The van der Waals surface area contributed by atoms with Gasteiger partial charge in [0.05, 0.1) is 11.4 Å². The number of para-hydroxylation sites is 1. The maximum Gasteiger partial charge on any atom is 0.246 e. The van der Waals surface area contributed by atoms with Crippen molar-refractivity contribution in [3.63, 3.8) is 0 Å². The molecule has 0 bridgehead atoms. The Morgan fingerprint density at radius 1 is 1.17 bits per heavy atom. The van der Waals surface area contributed by atoms with Gasteiger partial charge in [-0.05, 0) is 30.3 Å². The Labute approximate surface area is 183 Å². The summed E-state index contributed by atoms with van der Waals surface area (Å²) in [5.74, 6) is -0.945. The Balaban J connectivity index is 1.71. The number of amides is 2. The van der Waals surface area contributed by atoms with Crippen molar-refractivity contribution in [3.05, 3.63) is 82.1 Å². The number of rotatable bonds is 6. The number of carbonyl (C=O) groups is 2. The quantitative estimate of drug-likeness (QED) is 0.486.